The second kappa shape index (κ2) is 5.92. The number of benzene rings is 1. The van der Waals surface area contributed by atoms with Gasteiger partial charge in [0.2, 0.25) is 0 Å². The zero-order chi connectivity index (χ0) is 12.9. The van der Waals surface area contributed by atoms with Crippen LogP contribution in [0.25, 0.3) is 0 Å². The number of rotatable bonds is 4. The molecule has 0 aliphatic heterocycles. The number of thioether (sulfide) groups is 1. The third-order valence-electron chi connectivity index (χ3n) is 1.95. The van der Waals surface area contributed by atoms with Gasteiger partial charge in [0, 0.05) is 11.5 Å². The lowest BCUT2D eigenvalue weighted by Gasteiger charge is -2.06. The molecule has 0 radical (unpaired) electrons. The summed E-state index contributed by atoms with van der Waals surface area (Å²) < 4.78 is 48.6. The molecule has 1 rings (SSSR count). The molecule has 6 heteroatoms. The summed E-state index contributed by atoms with van der Waals surface area (Å²) in [5.41, 5.74) is 0.516. The number of nitriles is 1. The predicted molar refractivity (Wildman–Crippen MR) is 57.9 cm³/mol. The first kappa shape index (κ1) is 13.8. The quantitative estimate of drug-likeness (QED) is 0.608. The Morgan fingerprint density at radius 1 is 1.29 bits per heavy atom. The Hall–Kier alpha value is -1.22. The van der Waals surface area contributed by atoms with Crippen molar-refractivity contribution in [3.63, 3.8) is 0 Å². The Morgan fingerprint density at radius 3 is 2.53 bits per heavy atom. The van der Waals surface area contributed by atoms with E-state index in [1.807, 2.05) is 0 Å². The fourth-order valence-electron chi connectivity index (χ4n) is 1.12. The number of nitrogens with zero attached hydrogens (tertiary/aromatic N) is 1. The molecule has 0 bridgehead atoms. The van der Waals surface area contributed by atoms with Gasteiger partial charge < -0.3 is 0 Å². The van der Waals surface area contributed by atoms with Crippen LogP contribution in [0.2, 0.25) is 0 Å². The highest BCUT2D eigenvalue weighted by Gasteiger charge is 2.26. The Bertz CT molecular complexity index is 422. The zero-order valence-corrected chi connectivity index (χ0v) is 9.54. The lowest BCUT2D eigenvalue weighted by molar-refractivity contribution is -0.129. The predicted octanol–water partition coefficient (Wildman–Crippen LogP) is 3.88. The zero-order valence-electron chi connectivity index (χ0n) is 8.72. The number of hydrogen-bond acceptors (Lipinski definition) is 2. The largest absolute Gasteiger partial charge is 0.389 e. The Labute approximate surface area is 100 Å². The fourth-order valence-corrected chi connectivity index (χ4v) is 2.05. The number of alkyl halides is 3. The third-order valence-corrected chi connectivity index (χ3v) is 2.98. The van der Waals surface area contributed by atoms with Crippen LogP contribution in [0.15, 0.2) is 18.2 Å². The topological polar surface area (TPSA) is 23.8 Å². The van der Waals surface area contributed by atoms with Crippen molar-refractivity contribution in [2.45, 2.75) is 18.3 Å². The van der Waals surface area contributed by atoms with Gasteiger partial charge in [-0.25, -0.2) is 4.39 Å². The van der Waals surface area contributed by atoms with E-state index in [-0.39, 0.29) is 11.3 Å². The lowest BCUT2D eigenvalue weighted by Crippen LogP contribution is -2.08. The lowest BCUT2D eigenvalue weighted by atomic mass is 10.1. The Balaban J connectivity index is 2.43. The van der Waals surface area contributed by atoms with Crippen LogP contribution >= 0.6 is 11.8 Å². The molecule has 0 saturated carbocycles. The van der Waals surface area contributed by atoms with Gasteiger partial charge in [-0.2, -0.15) is 30.2 Å². The maximum Gasteiger partial charge on any atom is 0.389 e. The van der Waals surface area contributed by atoms with E-state index < -0.39 is 18.4 Å². The van der Waals surface area contributed by atoms with Crippen molar-refractivity contribution in [2.24, 2.45) is 0 Å². The molecule has 0 fully saturated rings. The molecular weight excluding hydrogens is 254 g/mol. The van der Waals surface area contributed by atoms with Crippen LogP contribution in [0.1, 0.15) is 17.5 Å². The summed E-state index contributed by atoms with van der Waals surface area (Å²) in [6.07, 6.45) is -5.00. The molecule has 1 nitrogen and oxygen atoms in total. The van der Waals surface area contributed by atoms with Crippen LogP contribution < -0.4 is 0 Å². The summed E-state index contributed by atoms with van der Waals surface area (Å²) in [5, 5.41) is 8.49. The van der Waals surface area contributed by atoms with Crippen molar-refractivity contribution in [2.75, 3.05) is 5.75 Å². The van der Waals surface area contributed by atoms with Gasteiger partial charge in [-0.15, -0.1) is 0 Å². The van der Waals surface area contributed by atoms with Gasteiger partial charge in [-0.3, -0.25) is 0 Å². The summed E-state index contributed by atoms with van der Waals surface area (Å²) >= 11 is 1.09. The first-order valence-electron chi connectivity index (χ1n) is 4.75. The van der Waals surface area contributed by atoms with E-state index >= 15 is 0 Å². The summed E-state index contributed by atoms with van der Waals surface area (Å²) in [7, 11) is 0. The highest BCUT2D eigenvalue weighted by atomic mass is 32.2. The van der Waals surface area contributed by atoms with Gasteiger partial charge >= 0.3 is 6.18 Å². The van der Waals surface area contributed by atoms with Crippen molar-refractivity contribution in [3.8, 4) is 6.07 Å². The van der Waals surface area contributed by atoms with Crippen LogP contribution in [0.4, 0.5) is 17.6 Å². The van der Waals surface area contributed by atoms with E-state index in [0.29, 0.717) is 11.3 Å². The fraction of sp³-hybridized carbons (Fsp3) is 0.364. The molecule has 92 valence electrons. The standard InChI is InChI=1S/C11H9F4NS/c12-10-5-8(1-2-9(10)6-16)7-17-4-3-11(13,14)15/h1-2,5H,3-4,7H2. The van der Waals surface area contributed by atoms with E-state index in [0.717, 1.165) is 11.8 Å². The smallest absolute Gasteiger partial charge is 0.206 e. The van der Waals surface area contributed by atoms with Crippen molar-refractivity contribution >= 4 is 11.8 Å². The second-order valence-electron chi connectivity index (χ2n) is 3.34. The van der Waals surface area contributed by atoms with E-state index in [9.17, 15) is 17.6 Å². The van der Waals surface area contributed by atoms with Crippen LogP contribution in [-0.4, -0.2) is 11.9 Å². The van der Waals surface area contributed by atoms with Gasteiger partial charge in [-0.05, 0) is 17.7 Å². The Kier molecular flexibility index (Phi) is 4.82. The molecule has 1 aromatic carbocycles. The average Bonchev–Trinajstić information content (AvgIpc) is 2.23. The minimum atomic E-state index is -4.15. The minimum Gasteiger partial charge on any atom is -0.206 e. The minimum absolute atomic E-state index is 0.0505. The summed E-state index contributed by atoms with van der Waals surface area (Å²) in [6.45, 7) is 0. The SMILES string of the molecule is N#Cc1ccc(CSCCC(F)(F)F)cc1F. The van der Waals surface area contributed by atoms with Gasteiger partial charge in [0.15, 0.2) is 0 Å². The van der Waals surface area contributed by atoms with E-state index in [4.69, 9.17) is 5.26 Å². The molecule has 17 heavy (non-hydrogen) atoms. The van der Waals surface area contributed by atoms with Crippen molar-refractivity contribution in [3.05, 3.63) is 35.1 Å². The second-order valence-corrected chi connectivity index (χ2v) is 4.45. The Morgan fingerprint density at radius 2 is 2.00 bits per heavy atom. The summed E-state index contributed by atoms with van der Waals surface area (Å²) in [5.74, 6) is -0.384. The van der Waals surface area contributed by atoms with Crippen molar-refractivity contribution in [1.29, 1.82) is 5.26 Å². The van der Waals surface area contributed by atoms with Gasteiger partial charge in [0.05, 0.1) is 12.0 Å². The van der Waals surface area contributed by atoms with E-state index in [1.54, 1.807) is 12.1 Å². The number of hydrogen-bond donors (Lipinski definition) is 0. The maximum absolute atomic E-state index is 13.1. The average molecular weight is 263 g/mol. The third kappa shape index (κ3) is 5.09. The monoisotopic (exact) mass is 263 g/mol. The molecule has 0 atom stereocenters. The van der Waals surface area contributed by atoms with Crippen LogP contribution in [0.3, 0.4) is 0 Å². The van der Waals surface area contributed by atoms with Gasteiger partial charge in [0.25, 0.3) is 0 Å². The molecule has 0 unspecified atom stereocenters. The van der Waals surface area contributed by atoms with Crippen molar-refractivity contribution in [1.82, 2.24) is 0 Å². The number of halogens is 4. The molecule has 0 N–H and O–H groups in total. The van der Waals surface area contributed by atoms with Crippen LogP contribution in [0.5, 0.6) is 0 Å². The molecule has 1 aromatic rings. The van der Waals surface area contributed by atoms with E-state index in [2.05, 4.69) is 0 Å². The highest BCUT2D eigenvalue weighted by Crippen LogP contribution is 2.24. The first-order chi connectivity index (χ1) is 7.92. The van der Waals surface area contributed by atoms with E-state index in [1.165, 1.54) is 12.1 Å². The highest BCUT2D eigenvalue weighted by molar-refractivity contribution is 7.98. The van der Waals surface area contributed by atoms with Crippen LogP contribution in [-0.2, 0) is 5.75 Å². The molecule has 0 saturated heterocycles. The maximum atomic E-state index is 13.1. The molecule has 0 aromatic heterocycles. The van der Waals surface area contributed by atoms with Gasteiger partial charge in [-0.1, -0.05) is 6.07 Å². The summed E-state index contributed by atoms with van der Waals surface area (Å²) in [6, 6.07) is 5.73. The van der Waals surface area contributed by atoms with Crippen LogP contribution in [0, 0.1) is 17.1 Å². The first-order valence-corrected chi connectivity index (χ1v) is 5.91. The molecule has 0 spiro atoms. The van der Waals surface area contributed by atoms with Gasteiger partial charge in [0.1, 0.15) is 11.9 Å². The molecule has 0 heterocycles. The molecule has 0 amide bonds. The molecule has 0 aliphatic rings. The van der Waals surface area contributed by atoms with Crippen molar-refractivity contribution < 1.29 is 17.6 Å². The summed E-state index contributed by atoms with van der Waals surface area (Å²) in [4.78, 5) is 0. The molecule has 0 aliphatic carbocycles. The normalized spacial score (nSPS) is 11.2. The molecular formula is C11H9F4NS.